The van der Waals surface area contributed by atoms with Crippen LogP contribution in [-0.2, 0) is 0 Å². The molecule has 1 saturated heterocycles. The van der Waals surface area contributed by atoms with Crippen LogP contribution in [0.1, 0.15) is 13.3 Å². The van der Waals surface area contributed by atoms with Gasteiger partial charge in [0.15, 0.2) is 0 Å². The van der Waals surface area contributed by atoms with Crippen LogP contribution in [0.15, 0.2) is 24.3 Å². The number of piperazine rings is 1. The molecule has 4 nitrogen and oxygen atoms in total. The average molecular weight is 264 g/mol. The Balaban J connectivity index is 1.75. The summed E-state index contributed by atoms with van der Waals surface area (Å²) in [6.45, 7) is 7.72. The van der Waals surface area contributed by atoms with Crippen molar-refractivity contribution in [3.05, 3.63) is 24.3 Å². The van der Waals surface area contributed by atoms with E-state index in [2.05, 4.69) is 17.1 Å². The highest BCUT2D eigenvalue weighted by atomic mass is 16.5. The summed E-state index contributed by atoms with van der Waals surface area (Å²) in [5, 5.41) is 3.37. The van der Waals surface area contributed by atoms with Crippen LogP contribution in [-0.4, -0.2) is 50.8 Å². The van der Waals surface area contributed by atoms with Gasteiger partial charge in [0.1, 0.15) is 11.5 Å². The van der Waals surface area contributed by atoms with E-state index in [0.29, 0.717) is 0 Å². The molecule has 0 bridgehead atoms. The van der Waals surface area contributed by atoms with Crippen molar-refractivity contribution in [2.45, 2.75) is 19.4 Å². The smallest absolute Gasteiger partial charge is 0.123 e. The minimum Gasteiger partial charge on any atom is -0.497 e. The third-order valence-corrected chi connectivity index (χ3v) is 3.44. The maximum absolute atomic E-state index is 5.93. The van der Waals surface area contributed by atoms with E-state index in [-0.39, 0.29) is 6.10 Å². The van der Waals surface area contributed by atoms with Crippen molar-refractivity contribution in [2.24, 2.45) is 0 Å². The number of nitrogens with one attached hydrogen (secondary N) is 1. The fourth-order valence-corrected chi connectivity index (χ4v) is 2.26. The van der Waals surface area contributed by atoms with E-state index >= 15 is 0 Å². The molecule has 0 aliphatic carbocycles. The number of hydrogen-bond acceptors (Lipinski definition) is 4. The molecule has 106 valence electrons. The van der Waals surface area contributed by atoms with E-state index in [1.54, 1.807) is 7.11 Å². The number of rotatable bonds is 6. The topological polar surface area (TPSA) is 33.7 Å². The second-order valence-corrected chi connectivity index (χ2v) is 4.99. The number of benzene rings is 1. The summed E-state index contributed by atoms with van der Waals surface area (Å²) >= 11 is 0. The van der Waals surface area contributed by atoms with Gasteiger partial charge in [-0.25, -0.2) is 0 Å². The van der Waals surface area contributed by atoms with E-state index in [0.717, 1.165) is 50.6 Å². The quantitative estimate of drug-likeness (QED) is 0.849. The number of methoxy groups -OCH3 is 1. The molecule has 19 heavy (non-hydrogen) atoms. The molecule has 1 unspecified atom stereocenters. The Kier molecular flexibility index (Phi) is 5.48. The van der Waals surface area contributed by atoms with Gasteiger partial charge in [-0.3, -0.25) is 0 Å². The maximum atomic E-state index is 5.93. The fourth-order valence-electron chi connectivity index (χ4n) is 2.26. The predicted octanol–water partition coefficient (Wildman–Crippen LogP) is 1.76. The molecule has 0 saturated carbocycles. The van der Waals surface area contributed by atoms with Crippen LogP contribution < -0.4 is 14.8 Å². The Labute approximate surface area is 115 Å². The maximum Gasteiger partial charge on any atom is 0.123 e. The monoisotopic (exact) mass is 264 g/mol. The lowest BCUT2D eigenvalue weighted by Gasteiger charge is -2.28. The average Bonchev–Trinajstić information content (AvgIpc) is 2.46. The van der Waals surface area contributed by atoms with Crippen molar-refractivity contribution in [1.82, 2.24) is 10.2 Å². The molecule has 1 aliphatic rings. The molecular weight excluding hydrogens is 240 g/mol. The first kappa shape index (κ1) is 14.2. The van der Waals surface area contributed by atoms with Crippen LogP contribution >= 0.6 is 0 Å². The second kappa shape index (κ2) is 7.36. The van der Waals surface area contributed by atoms with E-state index in [1.807, 2.05) is 24.3 Å². The molecule has 1 N–H and O–H groups in total. The van der Waals surface area contributed by atoms with E-state index in [1.165, 1.54) is 0 Å². The van der Waals surface area contributed by atoms with Gasteiger partial charge in [0.25, 0.3) is 0 Å². The Hall–Kier alpha value is -1.26. The molecule has 1 atom stereocenters. The van der Waals surface area contributed by atoms with Crippen LogP contribution in [0.4, 0.5) is 0 Å². The molecule has 0 amide bonds. The highest BCUT2D eigenvalue weighted by Crippen LogP contribution is 2.20. The van der Waals surface area contributed by atoms with Gasteiger partial charge >= 0.3 is 0 Å². The van der Waals surface area contributed by atoms with Crippen LogP contribution in [0.3, 0.4) is 0 Å². The molecule has 1 fully saturated rings. The summed E-state index contributed by atoms with van der Waals surface area (Å²) in [5.41, 5.74) is 0. The van der Waals surface area contributed by atoms with Crippen molar-refractivity contribution in [3.63, 3.8) is 0 Å². The molecule has 1 heterocycles. The number of nitrogens with zero attached hydrogens (tertiary/aromatic N) is 1. The first-order valence-corrected chi connectivity index (χ1v) is 7.01. The van der Waals surface area contributed by atoms with E-state index in [9.17, 15) is 0 Å². The van der Waals surface area contributed by atoms with Crippen LogP contribution in [0.5, 0.6) is 11.5 Å². The van der Waals surface area contributed by atoms with Gasteiger partial charge in [0.05, 0.1) is 13.2 Å². The third-order valence-electron chi connectivity index (χ3n) is 3.44. The molecule has 1 aromatic rings. The molecule has 1 aromatic carbocycles. The van der Waals surface area contributed by atoms with Crippen molar-refractivity contribution in [3.8, 4) is 11.5 Å². The number of hydrogen-bond donors (Lipinski definition) is 1. The van der Waals surface area contributed by atoms with Crippen molar-refractivity contribution in [2.75, 3.05) is 39.8 Å². The van der Waals surface area contributed by atoms with Crippen molar-refractivity contribution >= 4 is 0 Å². The third kappa shape index (κ3) is 4.73. The Bertz CT molecular complexity index is 378. The lowest BCUT2D eigenvalue weighted by atomic mass is 10.2. The molecule has 4 heteroatoms. The minimum absolute atomic E-state index is 0.224. The molecule has 2 rings (SSSR count). The molecule has 0 radical (unpaired) electrons. The summed E-state index contributed by atoms with van der Waals surface area (Å²) in [6.07, 6.45) is 1.28. The van der Waals surface area contributed by atoms with E-state index < -0.39 is 0 Å². The van der Waals surface area contributed by atoms with Gasteiger partial charge in [-0.05, 0) is 25.5 Å². The highest BCUT2D eigenvalue weighted by Gasteiger charge is 2.11. The largest absolute Gasteiger partial charge is 0.497 e. The van der Waals surface area contributed by atoms with Gasteiger partial charge in [0, 0.05) is 38.8 Å². The van der Waals surface area contributed by atoms with Crippen LogP contribution in [0, 0.1) is 0 Å². The summed E-state index contributed by atoms with van der Waals surface area (Å²) < 4.78 is 11.1. The van der Waals surface area contributed by atoms with Gasteiger partial charge in [0.2, 0.25) is 0 Å². The Morgan fingerprint density at radius 1 is 1.26 bits per heavy atom. The summed E-state index contributed by atoms with van der Waals surface area (Å²) in [6, 6.07) is 7.79. The zero-order valence-electron chi connectivity index (χ0n) is 11.9. The summed E-state index contributed by atoms with van der Waals surface area (Å²) in [7, 11) is 1.67. The molecule has 0 spiro atoms. The van der Waals surface area contributed by atoms with Gasteiger partial charge in [-0.1, -0.05) is 6.07 Å². The fraction of sp³-hybridized carbons (Fsp3) is 0.600. The van der Waals surface area contributed by atoms with Gasteiger partial charge in [-0.2, -0.15) is 0 Å². The second-order valence-electron chi connectivity index (χ2n) is 4.99. The van der Waals surface area contributed by atoms with Crippen molar-refractivity contribution in [1.29, 1.82) is 0 Å². The van der Waals surface area contributed by atoms with E-state index in [4.69, 9.17) is 9.47 Å². The first-order chi connectivity index (χ1) is 9.28. The lowest BCUT2D eigenvalue weighted by molar-refractivity contribution is 0.167. The lowest BCUT2D eigenvalue weighted by Crippen LogP contribution is -2.44. The predicted molar refractivity (Wildman–Crippen MR) is 77.0 cm³/mol. The molecule has 0 aromatic heterocycles. The Morgan fingerprint density at radius 3 is 2.74 bits per heavy atom. The summed E-state index contributed by atoms with van der Waals surface area (Å²) in [4.78, 5) is 2.49. The van der Waals surface area contributed by atoms with Gasteiger partial charge < -0.3 is 19.7 Å². The summed E-state index contributed by atoms with van der Waals surface area (Å²) in [5.74, 6) is 1.72. The number of ether oxygens (including phenoxy) is 2. The molecular formula is C15H24N2O2. The Morgan fingerprint density at radius 2 is 2.00 bits per heavy atom. The SMILES string of the molecule is COc1cccc(OC(C)CCN2CCNCC2)c1. The minimum atomic E-state index is 0.224. The van der Waals surface area contributed by atoms with Crippen LogP contribution in [0.2, 0.25) is 0 Å². The normalized spacial score (nSPS) is 18.0. The van der Waals surface area contributed by atoms with Crippen molar-refractivity contribution < 1.29 is 9.47 Å². The molecule has 1 aliphatic heterocycles. The highest BCUT2D eigenvalue weighted by molar-refractivity contribution is 5.32. The zero-order valence-corrected chi connectivity index (χ0v) is 11.9. The van der Waals surface area contributed by atoms with Crippen LogP contribution in [0.25, 0.3) is 0 Å². The van der Waals surface area contributed by atoms with Gasteiger partial charge in [-0.15, -0.1) is 0 Å². The standard InChI is InChI=1S/C15H24N2O2/c1-13(6-9-17-10-7-16-8-11-17)19-15-5-3-4-14(12-15)18-2/h3-5,12-13,16H,6-11H2,1-2H3. The first-order valence-electron chi connectivity index (χ1n) is 7.01. The zero-order chi connectivity index (χ0) is 13.5.